The van der Waals surface area contributed by atoms with E-state index in [4.69, 9.17) is 14.7 Å². The van der Waals surface area contributed by atoms with Gasteiger partial charge in [-0.1, -0.05) is 13.0 Å². The molecule has 0 saturated carbocycles. The molecule has 2 saturated heterocycles. The van der Waals surface area contributed by atoms with Crippen molar-refractivity contribution in [3.63, 3.8) is 0 Å². The molecule has 0 aliphatic carbocycles. The summed E-state index contributed by atoms with van der Waals surface area (Å²) in [4.78, 5) is 30.4. The Hall–Kier alpha value is -2.19. The van der Waals surface area contributed by atoms with Gasteiger partial charge in [0.25, 0.3) is 5.91 Å². The lowest BCUT2D eigenvalue weighted by Gasteiger charge is -2.37. The molecule has 0 unspecified atom stereocenters. The molecule has 8 heteroatoms. The van der Waals surface area contributed by atoms with Crippen LogP contribution in [-0.4, -0.2) is 66.7 Å². The van der Waals surface area contributed by atoms with Crippen molar-refractivity contribution < 1.29 is 9.53 Å². The second kappa shape index (κ2) is 8.51. The summed E-state index contributed by atoms with van der Waals surface area (Å²) in [7, 11) is 0. The first-order chi connectivity index (χ1) is 14.7. The highest BCUT2D eigenvalue weighted by molar-refractivity contribution is 7.12. The van der Waals surface area contributed by atoms with Crippen molar-refractivity contribution in [3.8, 4) is 0 Å². The summed E-state index contributed by atoms with van der Waals surface area (Å²) in [6.07, 6.45) is 3.15. The molecular formula is C22H29N5O2S. The number of nitrogens with zero attached hydrogens (tertiary/aromatic N) is 5. The van der Waals surface area contributed by atoms with Gasteiger partial charge in [-0.3, -0.25) is 4.79 Å². The van der Waals surface area contributed by atoms with Crippen LogP contribution < -0.4 is 9.80 Å². The van der Waals surface area contributed by atoms with Crippen molar-refractivity contribution in [1.82, 2.24) is 14.9 Å². The number of amides is 1. The standard InChI is InChI=1S/C22H29N5O2S/c1-16-4-7-25(8-5-16)20-17-15-27(21(28)19-3-2-14-30-19)9-6-18(17)23-22(24-20)26-10-12-29-13-11-26/h2-3,14,16H,4-13,15H2,1H3. The van der Waals surface area contributed by atoms with Gasteiger partial charge in [0.15, 0.2) is 0 Å². The molecule has 0 N–H and O–H groups in total. The number of thiophene rings is 1. The molecule has 0 aromatic carbocycles. The van der Waals surface area contributed by atoms with Crippen LogP contribution in [0.25, 0.3) is 0 Å². The lowest BCUT2D eigenvalue weighted by atomic mass is 9.98. The van der Waals surface area contributed by atoms with Crippen LogP contribution in [0.4, 0.5) is 11.8 Å². The van der Waals surface area contributed by atoms with Crippen molar-refractivity contribution in [3.05, 3.63) is 33.6 Å². The van der Waals surface area contributed by atoms with E-state index in [-0.39, 0.29) is 5.91 Å². The molecule has 0 radical (unpaired) electrons. The molecule has 0 spiro atoms. The molecule has 5 heterocycles. The maximum absolute atomic E-state index is 13.0. The van der Waals surface area contributed by atoms with Crippen LogP contribution >= 0.6 is 11.3 Å². The summed E-state index contributed by atoms with van der Waals surface area (Å²) in [6, 6.07) is 3.85. The quantitative estimate of drug-likeness (QED) is 0.751. The van der Waals surface area contributed by atoms with Gasteiger partial charge in [0.1, 0.15) is 5.82 Å². The summed E-state index contributed by atoms with van der Waals surface area (Å²) in [5.41, 5.74) is 2.24. The van der Waals surface area contributed by atoms with Gasteiger partial charge in [-0.05, 0) is 30.2 Å². The van der Waals surface area contributed by atoms with Gasteiger partial charge < -0.3 is 19.4 Å². The summed E-state index contributed by atoms with van der Waals surface area (Å²) in [5, 5.41) is 1.96. The summed E-state index contributed by atoms with van der Waals surface area (Å²) in [6.45, 7) is 8.78. The smallest absolute Gasteiger partial charge is 0.264 e. The maximum atomic E-state index is 13.0. The number of rotatable bonds is 3. The highest BCUT2D eigenvalue weighted by atomic mass is 32.1. The van der Waals surface area contributed by atoms with Crippen molar-refractivity contribution in [2.45, 2.75) is 32.7 Å². The molecule has 0 atom stereocenters. The van der Waals surface area contributed by atoms with Crippen LogP contribution in [0.5, 0.6) is 0 Å². The van der Waals surface area contributed by atoms with E-state index in [1.165, 1.54) is 24.2 Å². The Kier molecular flexibility index (Phi) is 5.60. The molecule has 7 nitrogen and oxygen atoms in total. The van der Waals surface area contributed by atoms with E-state index < -0.39 is 0 Å². The van der Waals surface area contributed by atoms with Crippen LogP contribution in [0.2, 0.25) is 0 Å². The van der Waals surface area contributed by atoms with Gasteiger partial charge >= 0.3 is 0 Å². The van der Waals surface area contributed by atoms with Crippen LogP contribution in [0, 0.1) is 5.92 Å². The zero-order valence-electron chi connectivity index (χ0n) is 17.5. The number of ether oxygens (including phenoxy) is 1. The minimum Gasteiger partial charge on any atom is -0.378 e. The number of piperidine rings is 1. The Morgan fingerprint density at radius 3 is 2.63 bits per heavy atom. The molecule has 160 valence electrons. The predicted octanol–water partition coefficient (Wildman–Crippen LogP) is 2.81. The van der Waals surface area contributed by atoms with Crippen LogP contribution in [0.15, 0.2) is 17.5 Å². The lowest BCUT2D eigenvalue weighted by Crippen LogP contribution is -2.41. The SMILES string of the molecule is CC1CCN(c2nc(N3CCOCC3)nc3c2CN(C(=O)c2cccs2)CC3)CC1. The number of fused-ring (bicyclic) bond motifs is 1. The van der Waals surface area contributed by atoms with Crippen molar-refractivity contribution in [2.24, 2.45) is 5.92 Å². The van der Waals surface area contributed by atoms with Crippen LogP contribution in [0.1, 0.15) is 40.7 Å². The van der Waals surface area contributed by atoms with E-state index >= 15 is 0 Å². The van der Waals surface area contributed by atoms with Gasteiger partial charge in [-0.15, -0.1) is 11.3 Å². The molecule has 3 aliphatic rings. The van der Waals surface area contributed by atoms with Gasteiger partial charge in [0, 0.05) is 44.7 Å². The number of carbonyl (C=O) groups is 1. The molecule has 1 amide bonds. The van der Waals surface area contributed by atoms with Gasteiger partial charge in [-0.2, -0.15) is 4.98 Å². The molecule has 0 bridgehead atoms. The summed E-state index contributed by atoms with van der Waals surface area (Å²) < 4.78 is 5.52. The molecule has 30 heavy (non-hydrogen) atoms. The van der Waals surface area contributed by atoms with Crippen molar-refractivity contribution in [2.75, 3.05) is 55.7 Å². The van der Waals surface area contributed by atoms with E-state index in [1.807, 2.05) is 22.4 Å². The average Bonchev–Trinajstić information content (AvgIpc) is 3.34. The fourth-order valence-electron chi connectivity index (χ4n) is 4.50. The topological polar surface area (TPSA) is 61.8 Å². The van der Waals surface area contributed by atoms with Gasteiger partial charge in [-0.25, -0.2) is 4.98 Å². The monoisotopic (exact) mass is 427 g/mol. The third kappa shape index (κ3) is 3.90. The van der Waals surface area contributed by atoms with Crippen molar-refractivity contribution in [1.29, 1.82) is 0 Å². The Morgan fingerprint density at radius 1 is 1.10 bits per heavy atom. The third-order valence-corrected chi connectivity index (χ3v) is 7.28. The number of carbonyl (C=O) groups excluding carboxylic acids is 1. The predicted molar refractivity (Wildman–Crippen MR) is 118 cm³/mol. The highest BCUT2D eigenvalue weighted by Crippen LogP contribution is 2.32. The van der Waals surface area contributed by atoms with Crippen molar-refractivity contribution >= 4 is 29.0 Å². The first kappa shape index (κ1) is 19.8. The first-order valence-electron chi connectivity index (χ1n) is 11.0. The Labute approximate surface area is 181 Å². The maximum Gasteiger partial charge on any atom is 0.264 e. The number of hydrogen-bond donors (Lipinski definition) is 0. The van der Waals surface area contributed by atoms with Crippen LogP contribution in [-0.2, 0) is 17.7 Å². The summed E-state index contributed by atoms with van der Waals surface area (Å²) >= 11 is 1.51. The molecule has 2 aromatic heterocycles. The first-order valence-corrected chi connectivity index (χ1v) is 11.9. The second-order valence-electron chi connectivity index (χ2n) is 8.50. The number of aromatic nitrogens is 2. The zero-order chi connectivity index (χ0) is 20.5. The van der Waals surface area contributed by atoms with E-state index in [2.05, 4.69) is 16.7 Å². The van der Waals surface area contributed by atoms with E-state index in [1.54, 1.807) is 0 Å². The normalized spacial score (nSPS) is 20.4. The van der Waals surface area contributed by atoms with Gasteiger partial charge in [0.2, 0.25) is 5.95 Å². The molecule has 2 aromatic rings. The number of anilines is 2. The lowest BCUT2D eigenvalue weighted by molar-refractivity contribution is 0.0738. The fourth-order valence-corrected chi connectivity index (χ4v) is 5.19. The van der Waals surface area contributed by atoms with Crippen LogP contribution in [0.3, 0.4) is 0 Å². The number of morpholine rings is 1. The second-order valence-corrected chi connectivity index (χ2v) is 9.44. The third-order valence-electron chi connectivity index (χ3n) is 6.42. The molecule has 2 fully saturated rings. The Balaban J connectivity index is 1.47. The molecule has 3 aliphatic heterocycles. The summed E-state index contributed by atoms with van der Waals surface area (Å²) in [5.74, 6) is 2.74. The largest absolute Gasteiger partial charge is 0.378 e. The highest BCUT2D eigenvalue weighted by Gasteiger charge is 2.30. The molecular weight excluding hydrogens is 398 g/mol. The molecule has 5 rings (SSSR count). The van der Waals surface area contributed by atoms with E-state index in [0.29, 0.717) is 13.1 Å². The minimum atomic E-state index is 0.117. The van der Waals surface area contributed by atoms with Gasteiger partial charge in [0.05, 0.1) is 30.3 Å². The zero-order valence-corrected chi connectivity index (χ0v) is 18.4. The number of hydrogen-bond acceptors (Lipinski definition) is 7. The Morgan fingerprint density at radius 2 is 1.90 bits per heavy atom. The fraction of sp³-hybridized carbons (Fsp3) is 0.591. The van der Waals surface area contributed by atoms with E-state index in [9.17, 15) is 4.79 Å². The average molecular weight is 428 g/mol. The van der Waals surface area contributed by atoms with E-state index in [0.717, 1.165) is 79.6 Å². The minimum absolute atomic E-state index is 0.117. The Bertz CT molecular complexity index is 889.